The predicted octanol–water partition coefficient (Wildman–Crippen LogP) is 4.11. The molecule has 0 saturated carbocycles. The van der Waals surface area contributed by atoms with E-state index >= 15 is 0 Å². The number of rotatable bonds is 27. The Hall–Kier alpha value is 0.500. The van der Waals surface area contributed by atoms with Crippen molar-refractivity contribution in [1.82, 2.24) is 0 Å². The highest BCUT2D eigenvalue weighted by molar-refractivity contribution is 4.49. The van der Waals surface area contributed by atoms with Crippen molar-refractivity contribution in [2.45, 2.75) is 181 Å². The topological polar surface area (TPSA) is 27.6 Å². The second-order valence-electron chi connectivity index (χ2n) is 12.0. The molecule has 0 saturated heterocycles. The van der Waals surface area contributed by atoms with E-state index in [-0.39, 0.29) is 24.8 Å². The number of hydrogen-bond acceptors (Lipinski definition) is 0. The number of quaternary nitrogens is 2. The summed E-state index contributed by atoms with van der Waals surface area (Å²) in [5.74, 6) is 0. The molecule has 0 unspecified atom stereocenters. The van der Waals surface area contributed by atoms with Crippen LogP contribution in [0.5, 0.6) is 0 Å². The Morgan fingerprint density at radius 1 is 0.351 bits per heavy atom. The molecule has 0 aliphatic heterocycles. The highest BCUT2D eigenvalue weighted by Crippen LogP contribution is 2.13. The van der Waals surface area contributed by atoms with Crippen LogP contribution >= 0.6 is 0 Å². The molecule has 0 aromatic rings. The lowest BCUT2D eigenvalue weighted by Crippen LogP contribution is -3.00. The summed E-state index contributed by atoms with van der Waals surface area (Å²) in [4.78, 5) is 0. The quantitative estimate of drug-likeness (QED) is 0.114. The van der Waals surface area contributed by atoms with Gasteiger partial charge < -0.3 is 35.0 Å². The van der Waals surface area contributed by atoms with Crippen LogP contribution < -0.4 is 30.5 Å². The van der Waals surface area contributed by atoms with Gasteiger partial charge in [-0.3, -0.25) is 0 Å². The van der Waals surface area contributed by atoms with E-state index < -0.39 is 0 Å². The highest BCUT2D eigenvalue weighted by Gasteiger charge is 2.11. The molecule has 0 bridgehead atoms. The average Bonchev–Trinajstić information content (AvgIpc) is 2.83. The normalized spacial score (nSPS) is 10.9. The molecule has 0 amide bonds. The maximum absolute atomic E-state index is 3.87. The summed E-state index contributed by atoms with van der Waals surface area (Å²) in [6.07, 6.45) is 36.0. The van der Waals surface area contributed by atoms with Gasteiger partial charge in [0.2, 0.25) is 0 Å². The summed E-state index contributed by atoms with van der Waals surface area (Å²) in [5.41, 5.74) is 3.87. The lowest BCUT2D eigenvalue weighted by molar-refractivity contribution is -0.890. The van der Waals surface area contributed by atoms with Gasteiger partial charge in [-0.25, -0.2) is 0 Å². The van der Waals surface area contributed by atoms with Gasteiger partial charge >= 0.3 is 0 Å². The number of nitrogens with zero attached hydrogens (tertiary/aromatic N) is 1. The molecule has 0 aliphatic carbocycles. The molecule has 0 radical (unpaired) electrons. The third-order valence-electron chi connectivity index (χ3n) is 7.55. The fourth-order valence-corrected chi connectivity index (χ4v) is 5.12. The minimum Gasteiger partial charge on any atom is -1.00 e. The average molecular weight is 570 g/mol. The molecule has 230 valence electrons. The van der Waals surface area contributed by atoms with Gasteiger partial charge in [0, 0.05) is 0 Å². The van der Waals surface area contributed by atoms with E-state index in [0.29, 0.717) is 0 Å². The van der Waals surface area contributed by atoms with Crippen molar-refractivity contribution in [3.05, 3.63) is 0 Å². The largest absolute Gasteiger partial charge is 1.00 e. The molecule has 37 heavy (non-hydrogen) atoms. The highest BCUT2D eigenvalue weighted by atomic mass is 35.5. The van der Waals surface area contributed by atoms with Crippen LogP contribution in [0.15, 0.2) is 0 Å². The number of hydrogen-bond donors (Lipinski definition) is 1. The Labute approximate surface area is 249 Å². The van der Waals surface area contributed by atoms with Gasteiger partial charge in [0.1, 0.15) is 0 Å². The Balaban J connectivity index is -0.000000289. The minimum atomic E-state index is 0. The van der Waals surface area contributed by atoms with E-state index in [1.807, 2.05) is 0 Å². The molecule has 4 heteroatoms. The summed E-state index contributed by atoms with van der Waals surface area (Å²) in [5, 5.41) is 0. The summed E-state index contributed by atoms with van der Waals surface area (Å²) in [6, 6.07) is 0. The summed E-state index contributed by atoms with van der Waals surface area (Å²) in [6.45, 7) is 10.7. The summed E-state index contributed by atoms with van der Waals surface area (Å²) >= 11 is 0. The van der Waals surface area contributed by atoms with Crippen LogP contribution in [0.1, 0.15) is 181 Å². The molecular formula is C33H74Cl2N2. The molecule has 0 aromatic heterocycles. The minimum absolute atomic E-state index is 0. The van der Waals surface area contributed by atoms with Gasteiger partial charge in [-0.1, -0.05) is 149 Å². The van der Waals surface area contributed by atoms with Gasteiger partial charge in [-0.15, -0.1) is 0 Å². The number of halogens is 2. The van der Waals surface area contributed by atoms with E-state index in [4.69, 9.17) is 0 Å². The van der Waals surface area contributed by atoms with Crippen LogP contribution in [0.4, 0.5) is 0 Å². The SMILES string of the molecule is CCCCCCCCCCCCCC[N+](C)(C)CCC.CCCCCCCCCCCCCC[NH3+].[Cl-].[Cl-]. The Morgan fingerprint density at radius 3 is 0.892 bits per heavy atom. The maximum atomic E-state index is 3.87. The lowest BCUT2D eigenvalue weighted by Gasteiger charge is -2.29. The molecule has 0 rings (SSSR count). The Morgan fingerprint density at radius 2 is 0.622 bits per heavy atom. The first-order valence-electron chi connectivity index (χ1n) is 16.6. The second-order valence-corrected chi connectivity index (χ2v) is 12.0. The Bertz CT molecular complexity index is 352. The van der Waals surface area contributed by atoms with Crippen LogP contribution in [0.2, 0.25) is 0 Å². The van der Waals surface area contributed by atoms with Gasteiger partial charge in [0.25, 0.3) is 0 Å². The molecule has 3 N–H and O–H groups in total. The van der Waals surface area contributed by atoms with E-state index in [9.17, 15) is 0 Å². The molecule has 0 heterocycles. The van der Waals surface area contributed by atoms with Crippen molar-refractivity contribution in [2.24, 2.45) is 0 Å². The molecule has 0 aromatic carbocycles. The van der Waals surface area contributed by atoms with Crippen LogP contribution in [0.3, 0.4) is 0 Å². The summed E-state index contributed by atoms with van der Waals surface area (Å²) in [7, 11) is 4.75. The van der Waals surface area contributed by atoms with Crippen LogP contribution in [0.25, 0.3) is 0 Å². The van der Waals surface area contributed by atoms with Gasteiger partial charge in [0.05, 0.1) is 33.7 Å². The first kappa shape index (κ1) is 44.5. The maximum Gasteiger partial charge on any atom is 0.0782 e. The van der Waals surface area contributed by atoms with Crippen molar-refractivity contribution >= 4 is 0 Å². The van der Waals surface area contributed by atoms with Crippen molar-refractivity contribution in [3.8, 4) is 0 Å². The molecule has 0 fully saturated rings. The summed E-state index contributed by atoms with van der Waals surface area (Å²) < 4.78 is 1.22. The van der Waals surface area contributed by atoms with Crippen LogP contribution in [-0.2, 0) is 0 Å². The van der Waals surface area contributed by atoms with E-state index in [0.717, 1.165) is 6.54 Å². The van der Waals surface area contributed by atoms with Crippen molar-refractivity contribution < 1.29 is 35.0 Å². The zero-order valence-corrected chi connectivity index (χ0v) is 28.2. The third-order valence-corrected chi connectivity index (χ3v) is 7.55. The molecular weight excluding hydrogens is 495 g/mol. The van der Waals surface area contributed by atoms with Crippen molar-refractivity contribution in [1.29, 1.82) is 0 Å². The predicted molar refractivity (Wildman–Crippen MR) is 162 cm³/mol. The molecule has 0 atom stereocenters. The second kappa shape index (κ2) is 38.6. The molecule has 0 spiro atoms. The van der Waals surface area contributed by atoms with Gasteiger partial charge in [-0.05, 0) is 32.1 Å². The fourth-order valence-electron chi connectivity index (χ4n) is 5.12. The smallest absolute Gasteiger partial charge is 0.0782 e. The van der Waals surface area contributed by atoms with Crippen molar-refractivity contribution in [2.75, 3.05) is 33.7 Å². The van der Waals surface area contributed by atoms with Crippen LogP contribution in [-0.4, -0.2) is 38.2 Å². The molecule has 2 nitrogen and oxygen atoms in total. The van der Waals surface area contributed by atoms with Crippen LogP contribution in [0, 0.1) is 0 Å². The third kappa shape index (κ3) is 43.8. The lowest BCUT2D eigenvalue weighted by atomic mass is 10.1. The number of unbranched alkanes of at least 4 members (excludes halogenated alkanes) is 22. The first-order valence-corrected chi connectivity index (χ1v) is 16.6. The standard InChI is InChI=1S/C19H42N.C14H31N.2ClH/c1-5-7-8-9-10-11-12-13-14-15-16-17-19-20(3,4)18-6-2;1-2-3-4-5-6-7-8-9-10-11-12-13-14-15;;/h5-19H2,1-4H3;2-15H2,1H3;2*1H/q+1;;;/p-1. The monoisotopic (exact) mass is 569 g/mol. The van der Waals surface area contributed by atoms with Gasteiger partial charge in [0.15, 0.2) is 0 Å². The molecule has 0 aliphatic rings. The fraction of sp³-hybridized carbons (Fsp3) is 1.00. The van der Waals surface area contributed by atoms with Gasteiger partial charge in [-0.2, -0.15) is 0 Å². The Kier molecular flexibility index (Phi) is 46.5. The van der Waals surface area contributed by atoms with E-state index in [1.54, 1.807) is 0 Å². The van der Waals surface area contributed by atoms with E-state index in [2.05, 4.69) is 40.6 Å². The van der Waals surface area contributed by atoms with E-state index in [1.165, 1.54) is 178 Å². The zero-order valence-electron chi connectivity index (χ0n) is 26.7. The zero-order chi connectivity index (χ0) is 26.3. The first-order chi connectivity index (χ1) is 17.0. The van der Waals surface area contributed by atoms with Crippen molar-refractivity contribution in [3.63, 3.8) is 0 Å².